The molecule has 3 aliphatic rings. The molecule has 2 heterocycles. The molecule has 0 bridgehead atoms. The number of aliphatic hydroxyl groups is 1. The van der Waals surface area contributed by atoms with E-state index in [1.54, 1.807) is 12.1 Å². The number of ether oxygens (including phenoxy) is 1. The van der Waals surface area contributed by atoms with Crippen molar-refractivity contribution in [2.24, 2.45) is 0 Å². The summed E-state index contributed by atoms with van der Waals surface area (Å²) in [4.78, 5) is 14.5. The monoisotopic (exact) mass is 476 g/mol. The third-order valence-corrected chi connectivity index (χ3v) is 7.21. The Hall–Kier alpha value is -2.27. The summed E-state index contributed by atoms with van der Waals surface area (Å²) < 4.78 is 46.6. The number of nitrogens with zero attached hydrogens (tertiary/aromatic N) is 1. The number of fused-ring (bicyclic) bond motifs is 1. The van der Waals surface area contributed by atoms with E-state index in [0.717, 1.165) is 5.56 Å². The second kappa shape index (κ2) is 8.75. The number of urea groups is 1. The van der Waals surface area contributed by atoms with E-state index in [1.807, 2.05) is 27.7 Å². The number of benzene rings is 1. The van der Waals surface area contributed by atoms with Gasteiger partial charge >= 0.3 is 13.1 Å². The van der Waals surface area contributed by atoms with Crippen molar-refractivity contribution in [3.63, 3.8) is 0 Å². The van der Waals surface area contributed by atoms with E-state index in [4.69, 9.17) is 14.0 Å². The smallest absolute Gasteiger partial charge is 0.399 e. The number of rotatable bonds is 5. The third-order valence-electron chi connectivity index (χ3n) is 7.21. The number of aliphatic hydroxyl groups excluding tert-OH is 1. The highest BCUT2D eigenvalue weighted by Gasteiger charge is 2.52. The quantitative estimate of drug-likeness (QED) is 0.640. The van der Waals surface area contributed by atoms with Crippen LogP contribution in [0.1, 0.15) is 39.7 Å². The molecule has 0 spiro atoms. The van der Waals surface area contributed by atoms with Crippen molar-refractivity contribution in [1.82, 2.24) is 5.32 Å². The molecular weight excluding hydrogens is 445 g/mol. The van der Waals surface area contributed by atoms with Gasteiger partial charge in [-0.05, 0) is 57.4 Å². The van der Waals surface area contributed by atoms with Crippen LogP contribution in [0.15, 0.2) is 35.9 Å². The van der Waals surface area contributed by atoms with E-state index in [-0.39, 0.29) is 6.42 Å². The maximum absolute atomic E-state index is 15.2. The van der Waals surface area contributed by atoms with Gasteiger partial charge in [-0.15, -0.1) is 0 Å². The number of hydrogen-bond donors (Lipinski definition) is 2. The van der Waals surface area contributed by atoms with E-state index in [0.29, 0.717) is 29.7 Å². The molecule has 10 heteroatoms. The molecule has 7 nitrogen and oxygen atoms in total. The highest BCUT2D eigenvalue weighted by atomic mass is 19.2. The molecule has 1 fully saturated rings. The lowest BCUT2D eigenvalue weighted by atomic mass is 9.77. The minimum absolute atomic E-state index is 0.117. The summed E-state index contributed by atoms with van der Waals surface area (Å²) in [6.45, 7) is 7.53. The summed E-state index contributed by atoms with van der Waals surface area (Å²) >= 11 is 0. The zero-order chi connectivity index (χ0) is 24.9. The fraction of sp³-hybridized carbons (Fsp3) is 0.542. The van der Waals surface area contributed by atoms with Crippen LogP contribution in [0, 0.1) is 5.82 Å². The maximum Gasteiger partial charge on any atom is 0.497 e. The lowest BCUT2D eigenvalue weighted by molar-refractivity contribution is -0.0799. The lowest BCUT2D eigenvalue weighted by Gasteiger charge is -2.32. The van der Waals surface area contributed by atoms with Crippen LogP contribution in [0.25, 0.3) is 0 Å². The zero-order valence-corrected chi connectivity index (χ0v) is 20.2. The number of amides is 2. The number of hydrogen-bond acceptors (Lipinski definition) is 5. The van der Waals surface area contributed by atoms with Gasteiger partial charge in [0, 0.05) is 25.5 Å². The summed E-state index contributed by atoms with van der Waals surface area (Å²) in [5.74, 6) is -2.52. The Labute approximate surface area is 198 Å². The molecule has 2 N–H and O–H groups in total. The Bertz CT molecular complexity index is 1030. The summed E-state index contributed by atoms with van der Waals surface area (Å²) in [6, 6.07) is 1.70. The van der Waals surface area contributed by atoms with E-state index in [2.05, 4.69) is 5.32 Å². The van der Waals surface area contributed by atoms with Crippen molar-refractivity contribution in [1.29, 1.82) is 0 Å². The molecule has 2 unspecified atom stereocenters. The highest BCUT2D eigenvalue weighted by molar-refractivity contribution is 6.62. The van der Waals surface area contributed by atoms with Crippen molar-refractivity contribution in [3.05, 3.63) is 47.3 Å². The van der Waals surface area contributed by atoms with Crippen molar-refractivity contribution >= 4 is 24.3 Å². The average molecular weight is 476 g/mol. The van der Waals surface area contributed by atoms with Gasteiger partial charge in [0.05, 0.1) is 29.5 Å². The zero-order valence-electron chi connectivity index (χ0n) is 20.2. The largest absolute Gasteiger partial charge is 0.497 e. The number of carbonyl (C=O) groups excluding carboxylic acids is 1. The predicted molar refractivity (Wildman–Crippen MR) is 125 cm³/mol. The third kappa shape index (κ3) is 4.40. The molecule has 2 atom stereocenters. The first kappa shape index (κ1) is 24.8. The van der Waals surface area contributed by atoms with E-state index in [1.165, 1.54) is 30.2 Å². The van der Waals surface area contributed by atoms with Gasteiger partial charge in [-0.2, -0.15) is 0 Å². The number of carbonyl (C=O) groups is 1. The molecule has 1 aromatic carbocycles. The fourth-order valence-electron chi connectivity index (χ4n) is 4.37. The Kier molecular flexibility index (Phi) is 6.39. The molecule has 0 aromatic heterocycles. The van der Waals surface area contributed by atoms with Crippen molar-refractivity contribution in [3.8, 4) is 0 Å². The lowest BCUT2D eigenvalue weighted by Crippen LogP contribution is -2.47. The summed E-state index contributed by atoms with van der Waals surface area (Å²) in [5.41, 5.74) is 0.828. The minimum Gasteiger partial charge on any atom is -0.399 e. The van der Waals surface area contributed by atoms with Gasteiger partial charge < -0.3 is 24.5 Å². The van der Waals surface area contributed by atoms with Crippen molar-refractivity contribution in [2.75, 3.05) is 25.2 Å². The van der Waals surface area contributed by atoms with Crippen LogP contribution in [0.5, 0.6) is 0 Å². The Balaban J connectivity index is 1.51. The maximum atomic E-state index is 15.2. The molecule has 0 saturated carbocycles. The van der Waals surface area contributed by atoms with Crippen LogP contribution in [-0.2, 0) is 20.5 Å². The number of nitrogens with one attached hydrogen (secondary N) is 1. The highest BCUT2D eigenvalue weighted by Crippen LogP contribution is 2.38. The molecular formula is C24H31BF2N2O5. The molecule has 1 aromatic rings. The number of halogens is 2. The van der Waals surface area contributed by atoms with Gasteiger partial charge in [-0.3, -0.25) is 4.90 Å². The first-order valence-corrected chi connectivity index (χ1v) is 11.4. The molecule has 0 radical (unpaired) electrons. The van der Waals surface area contributed by atoms with E-state index in [9.17, 15) is 14.3 Å². The second-order valence-electron chi connectivity index (χ2n) is 9.94. The number of allylic oxidation sites excluding steroid dienone is 2. The Morgan fingerprint density at radius 3 is 2.59 bits per heavy atom. The minimum atomic E-state index is -1.99. The fourth-order valence-corrected chi connectivity index (χ4v) is 4.37. The van der Waals surface area contributed by atoms with Crippen LogP contribution in [0.3, 0.4) is 0 Å². The van der Waals surface area contributed by atoms with Crippen LogP contribution < -0.4 is 15.7 Å². The van der Waals surface area contributed by atoms with E-state index >= 15 is 4.39 Å². The van der Waals surface area contributed by atoms with E-state index < -0.39 is 48.7 Å². The van der Waals surface area contributed by atoms with Gasteiger partial charge in [-0.25, -0.2) is 13.6 Å². The average Bonchev–Trinajstić information content (AvgIpc) is 3.27. The number of anilines is 1. The summed E-state index contributed by atoms with van der Waals surface area (Å²) in [5, 5.41) is 12.6. The predicted octanol–water partition coefficient (Wildman–Crippen LogP) is 2.76. The molecule has 1 saturated heterocycles. The second-order valence-corrected chi connectivity index (χ2v) is 9.94. The van der Waals surface area contributed by atoms with Gasteiger partial charge in [0.15, 0.2) is 0 Å². The normalized spacial score (nSPS) is 25.8. The van der Waals surface area contributed by atoms with Crippen molar-refractivity contribution in [2.45, 2.75) is 63.6 Å². The van der Waals surface area contributed by atoms with Gasteiger partial charge in [0.25, 0.3) is 0 Å². The van der Waals surface area contributed by atoms with Gasteiger partial charge in [0.2, 0.25) is 5.85 Å². The topological polar surface area (TPSA) is 80.3 Å². The molecule has 184 valence electrons. The van der Waals surface area contributed by atoms with Gasteiger partial charge in [0.1, 0.15) is 5.82 Å². The SMILES string of the molecule is COC1(F)C=CC=C(C(CO)NC(=O)N2CCc3cc(B4OC(C)(C)C(C)(C)O4)c(F)cc32)C1. The molecule has 1 aliphatic carbocycles. The first-order valence-electron chi connectivity index (χ1n) is 11.4. The Morgan fingerprint density at radius 2 is 1.97 bits per heavy atom. The van der Waals surface area contributed by atoms with Crippen LogP contribution in [0.4, 0.5) is 19.3 Å². The molecule has 34 heavy (non-hydrogen) atoms. The van der Waals surface area contributed by atoms with Crippen LogP contribution in [-0.4, -0.2) is 61.6 Å². The Morgan fingerprint density at radius 1 is 1.29 bits per heavy atom. The van der Waals surface area contributed by atoms with Gasteiger partial charge in [-0.1, -0.05) is 18.2 Å². The molecule has 4 rings (SSSR count). The number of methoxy groups -OCH3 is 1. The standard InChI is InChI=1S/C24H31BF2N2O5/c1-22(2)23(3,4)34-25(33-22)17-11-15-8-10-29(20(15)12-18(17)26)21(31)28-19(14-30)16-7-6-9-24(27,13-16)32-5/h6-7,9,11-12,19,30H,8,10,13-14H2,1-5H3,(H,28,31). The first-order chi connectivity index (χ1) is 15.9. The number of alkyl halides is 1. The molecule has 2 aliphatic heterocycles. The summed E-state index contributed by atoms with van der Waals surface area (Å²) in [6.07, 6.45) is 4.83. The van der Waals surface area contributed by atoms with Crippen LogP contribution in [0.2, 0.25) is 0 Å². The van der Waals surface area contributed by atoms with Crippen molar-refractivity contribution < 1.29 is 32.7 Å². The van der Waals surface area contributed by atoms with Crippen LogP contribution >= 0.6 is 0 Å². The molecule has 2 amide bonds. The summed E-state index contributed by atoms with van der Waals surface area (Å²) in [7, 11) is 0.415.